The van der Waals surface area contributed by atoms with Crippen molar-refractivity contribution in [2.24, 2.45) is 4.99 Å². The highest BCUT2D eigenvalue weighted by Gasteiger charge is 2.15. The van der Waals surface area contributed by atoms with Gasteiger partial charge in [0, 0.05) is 12.3 Å². The number of hydrogen-bond donors (Lipinski definition) is 1. The van der Waals surface area contributed by atoms with E-state index in [1.807, 2.05) is 12.1 Å². The van der Waals surface area contributed by atoms with Crippen molar-refractivity contribution >= 4 is 17.8 Å². The van der Waals surface area contributed by atoms with E-state index in [-0.39, 0.29) is 11.3 Å². The predicted molar refractivity (Wildman–Crippen MR) is 87.8 cm³/mol. The molecule has 0 amide bonds. The summed E-state index contributed by atoms with van der Waals surface area (Å²) in [6.07, 6.45) is 3.69. The molecule has 0 saturated heterocycles. The van der Waals surface area contributed by atoms with Crippen molar-refractivity contribution in [2.45, 2.75) is 0 Å². The minimum Gasteiger partial charge on any atom is -0.497 e. The average Bonchev–Trinajstić information content (AvgIpc) is 3.09. The molecular formula is C18H15NO4. The molecule has 1 heterocycles. The number of carbonyl (C=O) groups is 1. The quantitative estimate of drug-likeness (QED) is 0.915. The maximum atomic E-state index is 11.5. The Morgan fingerprint density at radius 2 is 2.00 bits per heavy atom. The van der Waals surface area contributed by atoms with Crippen molar-refractivity contribution < 1.29 is 19.4 Å². The summed E-state index contributed by atoms with van der Waals surface area (Å²) in [4.78, 5) is 15.7. The number of allylic oxidation sites excluding steroid dienone is 1. The molecule has 2 aromatic carbocycles. The summed E-state index contributed by atoms with van der Waals surface area (Å²) in [5, 5.41) is 9.45. The van der Waals surface area contributed by atoms with Gasteiger partial charge in [-0.2, -0.15) is 0 Å². The molecule has 0 bridgehead atoms. The van der Waals surface area contributed by atoms with Crippen LogP contribution < -0.4 is 9.47 Å². The third-order valence-electron chi connectivity index (χ3n) is 3.46. The number of ether oxygens (including phenoxy) is 2. The molecule has 1 N–H and O–H groups in total. The van der Waals surface area contributed by atoms with E-state index >= 15 is 0 Å². The summed E-state index contributed by atoms with van der Waals surface area (Å²) in [6, 6.07) is 12.1. The molecule has 23 heavy (non-hydrogen) atoms. The van der Waals surface area contributed by atoms with Crippen molar-refractivity contribution in [3.8, 4) is 17.2 Å². The van der Waals surface area contributed by atoms with Crippen LogP contribution in [-0.4, -0.2) is 30.9 Å². The highest BCUT2D eigenvalue weighted by atomic mass is 16.5. The smallest absolute Gasteiger partial charge is 0.339 e. The van der Waals surface area contributed by atoms with Crippen LogP contribution >= 0.6 is 0 Å². The first-order valence-electron chi connectivity index (χ1n) is 7.07. The van der Waals surface area contributed by atoms with Gasteiger partial charge in [0.05, 0.1) is 13.7 Å². The van der Waals surface area contributed by atoms with Crippen LogP contribution in [-0.2, 0) is 0 Å². The van der Waals surface area contributed by atoms with Crippen molar-refractivity contribution in [1.82, 2.24) is 0 Å². The fourth-order valence-corrected chi connectivity index (χ4v) is 2.30. The molecule has 0 atom stereocenters. The second-order valence-corrected chi connectivity index (χ2v) is 4.95. The van der Waals surface area contributed by atoms with E-state index in [4.69, 9.17) is 9.47 Å². The first-order valence-corrected chi connectivity index (χ1v) is 7.07. The largest absolute Gasteiger partial charge is 0.497 e. The summed E-state index contributed by atoms with van der Waals surface area (Å²) in [5.41, 5.74) is 1.83. The van der Waals surface area contributed by atoms with Crippen LogP contribution in [0.2, 0.25) is 0 Å². The number of hydrogen-bond acceptors (Lipinski definition) is 4. The number of nitrogens with zero attached hydrogens (tertiary/aromatic N) is 1. The zero-order chi connectivity index (χ0) is 16.2. The van der Waals surface area contributed by atoms with Crippen molar-refractivity contribution in [3.05, 3.63) is 59.7 Å². The van der Waals surface area contributed by atoms with Crippen molar-refractivity contribution in [1.29, 1.82) is 0 Å². The van der Waals surface area contributed by atoms with Gasteiger partial charge < -0.3 is 14.6 Å². The third kappa shape index (κ3) is 3.23. The van der Waals surface area contributed by atoms with Crippen LogP contribution in [0.5, 0.6) is 17.2 Å². The second kappa shape index (κ2) is 6.36. The minimum absolute atomic E-state index is 0.103. The van der Waals surface area contributed by atoms with E-state index in [1.165, 1.54) is 0 Å². The first kappa shape index (κ1) is 14.8. The number of aromatic carboxylic acids is 1. The number of rotatable bonds is 5. The summed E-state index contributed by atoms with van der Waals surface area (Å²) >= 11 is 0. The monoisotopic (exact) mass is 309 g/mol. The molecule has 0 radical (unpaired) electrons. The lowest BCUT2D eigenvalue weighted by atomic mass is 10.0. The van der Waals surface area contributed by atoms with Gasteiger partial charge in [-0.1, -0.05) is 18.2 Å². The van der Waals surface area contributed by atoms with Crippen LogP contribution in [0.3, 0.4) is 0 Å². The van der Waals surface area contributed by atoms with Crippen molar-refractivity contribution in [2.75, 3.05) is 13.7 Å². The van der Waals surface area contributed by atoms with Crippen LogP contribution in [0.1, 0.15) is 15.9 Å². The topological polar surface area (TPSA) is 68.1 Å². The summed E-state index contributed by atoms with van der Waals surface area (Å²) < 4.78 is 10.9. The lowest BCUT2D eigenvalue weighted by Gasteiger charge is -2.11. The minimum atomic E-state index is -1.04. The summed E-state index contributed by atoms with van der Waals surface area (Å²) in [6.45, 7) is 0.625. The van der Waals surface area contributed by atoms with Gasteiger partial charge in [0.2, 0.25) is 0 Å². The van der Waals surface area contributed by atoms with Gasteiger partial charge in [0.1, 0.15) is 22.8 Å². The van der Waals surface area contributed by atoms with Crippen molar-refractivity contribution in [3.63, 3.8) is 0 Å². The number of benzene rings is 2. The number of carboxylic acids is 1. The normalized spacial score (nSPS) is 12.8. The average molecular weight is 309 g/mol. The van der Waals surface area contributed by atoms with Gasteiger partial charge in [-0.25, -0.2) is 4.79 Å². The lowest BCUT2D eigenvalue weighted by Crippen LogP contribution is -2.01. The summed E-state index contributed by atoms with van der Waals surface area (Å²) in [5.74, 6) is 0.398. The molecule has 5 nitrogen and oxygen atoms in total. The van der Waals surface area contributed by atoms with Crippen LogP contribution in [0.15, 0.2) is 53.5 Å². The van der Waals surface area contributed by atoms with Crippen LogP contribution in [0, 0.1) is 0 Å². The van der Waals surface area contributed by atoms with E-state index < -0.39 is 5.97 Å². The Morgan fingerprint density at radius 1 is 1.17 bits per heavy atom. The van der Waals surface area contributed by atoms with Crippen LogP contribution in [0.4, 0.5) is 0 Å². The SMILES string of the molecule is COc1cccc(Oc2ccc(C3=CCN=C3)cc2C(=O)O)c1. The Bertz CT molecular complexity index is 808. The van der Waals surface area contributed by atoms with Gasteiger partial charge >= 0.3 is 5.97 Å². The molecular weight excluding hydrogens is 294 g/mol. The molecule has 3 rings (SSSR count). The van der Waals surface area contributed by atoms with E-state index in [1.54, 1.807) is 49.7 Å². The fraction of sp³-hybridized carbons (Fsp3) is 0.111. The molecule has 116 valence electrons. The maximum Gasteiger partial charge on any atom is 0.339 e. The van der Waals surface area contributed by atoms with Gasteiger partial charge in [0.15, 0.2) is 0 Å². The zero-order valence-corrected chi connectivity index (χ0v) is 12.5. The van der Waals surface area contributed by atoms with E-state index in [0.29, 0.717) is 18.0 Å². The molecule has 0 aliphatic carbocycles. The summed E-state index contributed by atoms with van der Waals surface area (Å²) in [7, 11) is 1.56. The Balaban J connectivity index is 1.95. The highest BCUT2D eigenvalue weighted by Crippen LogP contribution is 2.30. The lowest BCUT2D eigenvalue weighted by molar-refractivity contribution is 0.0694. The van der Waals surface area contributed by atoms with E-state index in [9.17, 15) is 9.90 Å². The Labute approximate surface area is 133 Å². The first-order chi connectivity index (χ1) is 11.2. The number of carboxylic acid groups (broad SMARTS) is 1. The van der Waals surface area contributed by atoms with Gasteiger partial charge in [-0.15, -0.1) is 0 Å². The molecule has 1 aliphatic rings. The van der Waals surface area contributed by atoms with Crippen LogP contribution in [0.25, 0.3) is 5.57 Å². The Kier molecular flexibility index (Phi) is 4.10. The Hall–Kier alpha value is -3.08. The number of aliphatic imine (C=N–C) groups is 1. The maximum absolute atomic E-state index is 11.5. The van der Waals surface area contributed by atoms with Gasteiger partial charge in [0.25, 0.3) is 0 Å². The van der Waals surface area contributed by atoms with E-state index in [0.717, 1.165) is 11.1 Å². The second-order valence-electron chi connectivity index (χ2n) is 4.95. The molecule has 0 unspecified atom stereocenters. The molecule has 0 fully saturated rings. The highest BCUT2D eigenvalue weighted by molar-refractivity contribution is 6.12. The van der Waals surface area contributed by atoms with Gasteiger partial charge in [-0.05, 0) is 35.4 Å². The molecule has 1 aliphatic heterocycles. The molecule has 2 aromatic rings. The third-order valence-corrected chi connectivity index (χ3v) is 3.46. The predicted octanol–water partition coefficient (Wildman–Crippen LogP) is 3.65. The molecule has 0 saturated carbocycles. The molecule has 0 spiro atoms. The molecule has 0 aromatic heterocycles. The standard InChI is InChI=1S/C18H15NO4/c1-22-14-3-2-4-15(10-14)23-17-6-5-12(9-16(17)18(20)21)13-7-8-19-11-13/h2-7,9-11H,8H2,1H3,(H,20,21). The number of methoxy groups -OCH3 is 1. The Morgan fingerprint density at radius 3 is 2.70 bits per heavy atom. The van der Waals surface area contributed by atoms with E-state index in [2.05, 4.69) is 4.99 Å². The van der Waals surface area contributed by atoms with Gasteiger partial charge in [-0.3, -0.25) is 4.99 Å². The molecule has 5 heteroatoms. The fourth-order valence-electron chi connectivity index (χ4n) is 2.30. The zero-order valence-electron chi connectivity index (χ0n) is 12.5.